The highest BCUT2D eigenvalue weighted by molar-refractivity contribution is 7.13. The lowest BCUT2D eigenvalue weighted by molar-refractivity contribution is -0.132. The van der Waals surface area contributed by atoms with Crippen LogP contribution in [0.15, 0.2) is 60.0 Å². The fraction of sp³-hybridized carbons (Fsp3) is 0.133. The Bertz CT molecular complexity index is 486. The summed E-state index contributed by atoms with van der Waals surface area (Å²) < 4.78 is 0. The van der Waals surface area contributed by atoms with E-state index < -0.39 is 5.97 Å². The summed E-state index contributed by atoms with van der Waals surface area (Å²) in [5, 5.41) is 10.2. The highest BCUT2D eigenvalue weighted by atomic mass is 32.1. The third-order valence-electron chi connectivity index (χ3n) is 2.31. The molecule has 1 heterocycles. The molecule has 0 aliphatic heterocycles. The topological polar surface area (TPSA) is 37.3 Å². The number of carboxylic acid groups (broad SMARTS) is 1. The quantitative estimate of drug-likeness (QED) is 0.828. The van der Waals surface area contributed by atoms with Gasteiger partial charge >= 0.3 is 5.97 Å². The van der Waals surface area contributed by atoms with E-state index in [2.05, 4.69) is 48.4 Å². The summed E-state index contributed by atoms with van der Waals surface area (Å²) in [6, 6.07) is 14.6. The fourth-order valence-electron chi connectivity index (χ4n) is 1.20. The van der Waals surface area contributed by atoms with Crippen molar-refractivity contribution in [2.45, 2.75) is 13.3 Å². The van der Waals surface area contributed by atoms with Gasteiger partial charge in [-0.1, -0.05) is 49.9 Å². The molecule has 2 rings (SSSR count). The summed E-state index contributed by atoms with van der Waals surface area (Å²) in [7, 11) is 0. The third kappa shape index (κ3) is 4.55. The van der Waals surface area contributed by atoms with Gasteiger partial charge in [0.25, 0.3) is 0 Å². The molecule has 1 N–H and O–H groups in total. The first-order valence-corrected chi connectivity index (χ1v) is 6.53. The number of carboxylic acids is 1. The van der Waals surface area contributed by atoms with Gasteiger partial charge in [0.2, 0.25) is 0 Å². The molecule has 0 amide bonds. The maximum absolute atomic E-state index is 9.83. The molecule has 0 saturated carbocycles. The Morgan fingerprint density at radius 2 is 1.89 bits per heavy atom. The molecular weight excluding hydrogens is 244 g/mol. The Morgan fingerprint density at radius 1 is 1.22 bits per heavy atom. The zero-order chi connectivity index (χ0) is 13.4. The van der Waals surface area contributed by atoms with Gasteiger partial charge in [0, 0.05) is 10.5 Å². The molecule has 0 aliphatic rings. The van der Waals surface area contributed by atoms with Gasteiger partial charge in [-0.3, -0.25) is 0 Å². The van der Waals surface area contributed by atoms with Crippen LogP contribution in [0.25, 0.3) is 10.4 Å². The Hall–Kier alpha value is -1.87. The Balaban J connectivity index is 0.000000203. The molecule has 94 valence electrons. The summed E-state index contributed by atoms with van der Waals surface area (Å²) in [6.45, 7) is 5.03. The molecule has 2 nitrogen and oxygen atoms in total. The van der Waals surface area contributed by atoms with Crippen LogP contribution < -0.4 is 0 Å². The maximum Gasteiger partial charge on any atom is 0.330 e. The number of hydrogen-bond donors (Lipinski definition) is 1. The number of benzene rings is 1. The first-order valence-electron chi connectivity index (χ1n) is 5.65. The minimum Gasteiger partial charge on any atom is -0.478 e. The maximum atomic E-state index is 9.83. The van der Waals surface area contributed by atoms with Crippen molar-refractivity contribution in [3.8, 4) is 10.4 Å². The lowest BCUT2D eigenvalue weighted by Crippen LogP contribution is -1.95. The SMILES string of the molecule is C=C(CC)C(=O)O.c1ccc(-c2cccs2)cc1. The predicted octanol–water partition coefficient (Wildman–Crippen LogP) is 4.45. The Kier molecular flexibility index (Phi) is 5.88. The number of carbonyl (C=O) groups is 1. The molecule has 2 aromatic rings. The summed E-state index contributed by atoms with van der Waals surface area (Å²) in [5.41, 5.74) is 1.57. The fourth-order valence-corrected chi connectivity index (χ4v) is 1.93. The van der Waals surface area contributed by atoms with Crippen LogP contribution in [-0.2, 0) is 4.79 Å². The molecule has 0 radical (unpaired) electrons. The summed E-state index contributed by atoms with van der Waals surface area (Å²) >= 11 is 1.78. The second-order valence-corrected chi connectivity index (χ2v) is 4.55. The Labute approximate surface area is 111 Å². The van der Waals surface area contributed by atoms with Gasteiger partial charge in [0.1, 0.15) is 0 Å². The first-order chi connectivity index (χ1) is 8.65. The highest BCUT2D eigenvalue weighted by Crippen LogP contribution is 2.23. The van der Waals surface area contributed by atoms with Crippen LogP contribution in [-0.4, -0.2) is 11.1 Å². The zero-order valence-corrected chi connectivity index (χ0v) is 11.1. The second-order valence-electron chi connectivity index (χ2n) is 3.61. The van der Waals surface area contributed by atoms with Crippen molar-refractivity contribution in [1.29, 1.82) is 0 Å². The molecule has 0 bridgehead atoms. The number of thiophene rings is 1. The van der Waals surface area contributed by atoms with Crippen molar-refractivity contribution in [3.05, 3.63) is 60.0 Å². The van der Waals surface area contributed by atoms with E-state index in [-0.39, 0.29) is 5.57 Å². The molecule has 0 saturated heterocycles. The average molecular weight is 260 g/mol. The van der Waals surface area contributed by atoms with Crippen LogP contribution in [0.5, 0.6) is 0 Å². The molecule has 3 heteroatoms. The van der Waals surface area contributed by atoms with Crippen molar-refractivity contribution < 1.29 is 9.90 Å². The van der Waals surface area contributed by atoms with Crippen LogP contribution >= 0.6 is 11.3 Å². The van der Waals surface area contributed by atoms with E-state index in [0.717, 1.165) is 0 Å². The van der Waals surface area contributed by atoms with E-state index >= 15 is 0 Å². The van der Waals surface area contributed by atoms with Gasteiger partial charge in [-0.15, -0.1) is 11.3 Å². The van der Waals surface area contributed by atoms with Gasteiger partial charge in [-0.05, 0) is 23.4 Å². The van der Waals surface area contributed by atoms with Crippen LogP contribution in [0, 0.1) is 0 Å². The van der Waals surface area contributed by atoms with Gasteiger partial charge in [-0.2, -0.15) is 0 Å². The van der Waals surface area contributed by atoms with Crippen LogP contribution in [0.4, 0.5) is 0 Å². The van der Waals surface area contributed by atoms with Gasteiger partial charge in [0.15, 0.2) is 0 Å². The van der Waals surface area contributed by atoms with E-state index in [0.29, 0.717) is 6.42 Å². The molecule has 0 spiro atoms. The lowest BCUT2D eigenvalue weighted by Gasteiger charge is -1.93. The third-order valence-corrected chi connectivity index (χ3v) is 3.23. The molecule has 18 heavy (non-hydrogen) atoms. The zero-order valence-electron chi connectivity index (χ0n) is 10.3. The van der Waals surface area contributed by atoms with Crippen molar-refractivity contribution >= 4 is 17.3 Å². The molecule has 1 aromatic heterocycles. The second kappa shape index (κ2) is 7.45. The van der Waals surface area contributed by atoms with Crippen molar-refractivity contribution in [1.82, 2.24) is 0 Å². The molecule has 1 aromatic carbocycles. The number of aliphatic carboxylic acids is 1. The van der Waals surface area contributed by atoms with Crippen molar-refractivity contribution in [2.75, 3.05) is 0 Å². The van der Waals surface area contributed by atoms with Gasteiger partial charge in [0.05, 0.1) is 0 Å². The molecule has 0 atom stereocenters. The van der Waals surface area contributed by atoms with Gasteiger partial charge in [-0.25, -0.2) is 4.79 Å². The summed E-state index contributed by atoms with van der Waals surface area (Å²) in [4.78, 5) is 11.2. The van der Waals surface area contributed by atoms with E-state index in [1.54, 1.807) is 18.3 Å². The normalized spacial score (nSPS) is 9.17. The highest BCUT2D eigenvalue weighted by Gasteiger charge is 1.96. The van der Waals surface area contributed by atoms with Crippen molar-refractivity contribution in [3.63, 3.8) is 0 Å². The summed E-state index contributed by atoms with van der Waals surface area (Å²) in [5.74, 6) is -0.900. The van der Waals surface area contributed by atoms with Crippen LogP contribution in [0.2, 0.25) is 0 Å². The monoisotopic (exact) mass is 260 g/mol. The largest absolute Gasteiger partial charge is 0.478 e. The van der Waals surface area contributed by atoms with Crippen LogP contribution in [0.3, 0.4) is 0 Å². The van der Waals surface area contributed by atoms with Gasteiger partial charge < -0.3 is 5.11 Å². The number of rotatable bonds is 3. The summed E-state index contributed by atoms with van der Waals surface area (Å²) in [6.07, 6.45) is 0.523. The van der Waals surface area contributed by atoms with E-state index in [1.165, 1.54) is 10.4 Å². The molecule has 0 unspecified atom stereocenters. The predicted molar refractivity (Wildman–Crippen MR) is 76.8 cm³/mol. The standard InChI is InChI=1S/C10H8S.C5H8O2/c1-2-5-9(6-3-1)10-7-4-8-11-10;1-3-4(2)5(6)7/h1-8H;2-3H2,1H3,(H,6,7). The van der Waals surface area contributed by atoms with Crippen LogP contribution in [0.1, 0.15) is 13.3 Å². The van der Waals surface area contributed by atoms with E-state index in [4.69, 9.17) is 5.11 Å². The van der Waals surface area contributed by atoms with E-state index in [1.807, 2.05) is 6.07 Å². The molecule has 0 fully saturated rings. The number of hydrogen-bond acceptors (Lipinski definition) is 2. The minimum atomic E-state index is -0.900. The Morgan fingerprint density at radius 3 is 2.28 bits per heavy atom. The average Bonchev–Trinajstić information content (AvgIpc) is 2.93. The van der Waals surface area contributed by atoms with E-state index in [9.17, 15) is 4.79 Å². The minimum absolute atomic E-state index is 0.264. The smallest absolute Gasteiger partial charge is 0.330 e. The molecule has 0 aliphatic carbocycles. The molecular formula is C15H16O2S. The lowest BCUT2D eigenvalue weighted by atomic mass is 10.2. The first kappa shape index (κ1) is 14.2. The van der Waals surface area contributed by atoms with Crippen molar-refractivity contribution in [2.24, 2.45) is 0 Å².